The highest BCUT2D eigenvalue weighted by Gasteiger charge is 2.56. The van der Waals surface area contributed by atoms with Crippen LogP contribution in [0.3, 0.4) is 0 Å². The fraction of sp³-hybridized carbons (Fsp3) is 0.368. The molecule has 0 saturated carbocycles. The number of anilines is 1. The lowest BCUT2D eigenvalue weighted by Gasteiger charge is -2.28. The molecule has 7 nitrogen and oxygen atoms in total. The number of furan rings is 1. The summed E-state index contributed by atoms with van der Waals surface area (Å²) >= 11 is 3.31. The molecule has 1 aromatic heterocycles. The number of carbonyl (C=O) groups is 2. The van der Waals surface area contributed by atoms with Crippen LogP contribution in [0, 0.1) is 13.8 Å². The summed E-state index contributed by atoms with van der Waals surface area (Å²) in [5.74, 6) is -0.946. The van der Waals surface area contributed by atoms with Crippen molar-refractivity contribution < 1.29 is 32.3 Å². The van der Waals surface area contributed by atoms with Gasteiger partial charge in [-0.15, -0.1) is 0 Å². The van der Waals surface area contributed by atoms with Crippen molar-refractivity contribution in [1.82, 2.24) is 10.6 Å². The lowest BCUT2D eigenvalue weighted by Crippen LogP contribution is -2.46. The molecule has 4 N–H and O–H groups in total. The third kappa shape index (κ3) is 5.99. The highest BCUT2D eigenvalue weighted by molar-refractivity contribution is 9.10. The maximum absolute atomic E-state index is 13.3. The van der Waals surface area contributed by atoms with E-state index in [4.69, 9.17) is 4.42 Å². The third-order valence-electron chi connectivity index (χ3n) is 4.26. The first kappa shape index (κ1) is 23.7. The van der Waals surface area contributed by atoms with E-state index in [1.807, 2.05) is 0 Å². The Kier molecular flexibility index (Phi) is 7.54. The van der Waals surface area contributed by atoms with Gasteiger partial charge in [0.1, 0.15) is 11.5 Å². The van der Waals surface area contributed by atoms with Gasteiger partial charge in [-0.1, -0.05) is 15.9 Å². The van der Waals surface area contributed by atoms with Crippen LogP contribution in [0.5, 0.6) is 0 Å². The van der Waals surface area contributed by atoms with Gasteiger partial charge in [-0.2, -0.15) is 13.2 Å². The third-order valence-corrected chi connectivity index (χ3v) is 4.75. The fourth-order valence-corrected chi connectivity index (χ4v) is 3.08. The van der Waals surface area contributed by atoms with Gasteiger partial charge in [-0.3, -0.25) is 4.79 Å². The lowest BCUT2D eigenvalue weighted by atomic mass is 9.96. The average Bonchev–Trinajstić information content (AvgIpc) is 3.08. The van der Waals surface area contributed by atoms with E-state index in [0.29, 0.717) is 5.69 Å². The summed E-state index contributed by atoms with van der Waals surface area (Å²) in [6.45, 7) is 2.35. The number of nitrogens with one attached hydrogen (secondary N) is 3. The number of aryl methyl sites for hydroxylation is 2. The van der Waals surface area contributed by atoms with Crippen molar-refractivity contribution >= 4 is 33.6 Å². The smallest absolute Gasteiger partial charge is 0.424 e. The molecule has 0 radical (unpaired) electrons. The normalized spacial score (nSPS) is 13.4. The number of amides is 3. The Morgan fingerprint density at radius 3 is 2.40 bits per heavy atom. The number of carbonyl (C=O) groups excluding carboxylic acids is 2. The largest absolute Gasteiger partial charge is 0.463 e. The van der Waals surface area contributed by atoms with E-state index in [2.05, 4.69) is 31.9 Å². The molecule has 11 heteroatoms. The number of hydrogen-bond acceptors (Lipinski definition) is 4. The molecule has 0 fully saturated rings. The Balaban J connectivity index is 1.84. The van der Waals surface area contributed by atoms with E-state index >= 15 is 0 Å². The number of rotatable bonds is 7. The predicted octanol–water partition coefficient (Wildman–Crippen LogP) is 3.74. The van der Waals surface area contributed by atoms with Gasteiger partial charge < -0.3 is 25.5 Å². The molecule has 2 aromatic rings. The molecule has 1 atom stereocenters. The molecule has 164 valence electrons. The van der Waals surface area contributed by atoms with Crippen LogP contribution in [-0.2, 0) is 10.4 Å². The molecule has 0 saturated heterocycles. The molecule has 0 bridgehead atoms. The summed E-state index contributed by atoms with van der Waals surface area (Å²) in [7, 11) is 0. The van der Waals surface area contributed by atoms with Crippen molar-refractivity contribution in [3.63, 3.8) is 0 Å². The second-order valence-electron chi connectivity index (χ2n) is 6.64. The summed E-state index contributed by atoms with van der Waals surface area (Å²) in [6, 6.07) is 6.72. The van der Waals surface area contributed by atoms with Crippen LogP contribution in [-0.4, -0.2) is 36.3 Å². The summed E-state index contributed by atoms with van der Waals surface area (Å²) in [4.78, 5) is 23.7. The zero-order valence-electron chi connectivity index (χ0n) is 16.2. The van der Waals surface area contributed by atoms with Crippen LogP contribution in [0.25, 0.3) is 0 Å². The number of aliphatic hydroxyl groups is 1. The maximum Gasteiger partial charge on any atom is 0.424 e. The zero-order valence-corrected chi connectivity index (χ0v) is 17.8. The van der Waals surface area contributed by atoms with Crippen LogP contribution in [0.4, 0.5) is 23.7 Å². The van der Waals surface area contributed by atoms with Crippen LogP contribution < -0.4 is 16.0 Å². The molecule has 3 amide bonds. The number of hydrogen-bond donors (Lipinski definition) is 4. The molecule has 0 aliphatic rings. The Labute approximate surface area is 179 Å². The van der Waals surface area contributed by atoms with Gasteiger partial charge >= 0.3 is 12.2 Å². The van der Waals surface area contributed by atoms with Gasteiger partial charge in [0.05, 0.1) is 6.54 Å². The molecule has 2 rings (SSSR count). The minimum Gasteiger partial charge on any atom is -0.463 e. The summed E-state index contributed by atoms with van der Waals surface area (Å²) in [6.07, 6.45) is -5.86. The monoisotopic (exact) mass is 491 g/mol. The summed E-state index contributed by atoms with van der Waals surface area (Å²) < 4.78 is 45.8. The van der Waals surface area contributed by atoms with E-state index in [-0.39, 0.29) is 12.3 Å². The van der Waals surface area contributed by atoms with Gasteiger partial charge in [0.25, 0.3) is 0 Å². The SMILES string of the molecule is Cc1ccc(C(O)(CCNC(=O)NCC(=O)Nc2ccc(Br)cc2C)C(F)(F)F)o1. The van der Waals surface area contributed by atoms with Crippen molar-refractivity contribution in [1.29, 1.82) is 0 Å². The second-order valence-corrected chi connectivity index (χ2v) is 7.55. The van der Waals surface area contributed by atoms with E-state index in [9.17, 15) is 27.9 Å². The molecule has 1 aromatic carbocycles. The van der Waals surface area contributed by atoms with Gasteiger partial charge in [0.2, 0.25) is 11.5 Å². The minimum atomic E-state index is -5.00. The van der Waals surface area contributed by atoms with Gasteiger partial charge in [-0.25, -0.2) is 4.79 Å². The number of halogens is 4. The van der Waals surface area contributed by atoms with Crippen molar-refractivity contribution in [3.8, 4) is 0 Å². The summed E-state index contributed by atoms with van der Waals surface area (Å²) in [5.41, 5.74) is -1.87. The molecule has 1 unspecified atom stereocenters. The minimum absolute atomic E-state index is 0.213. The first-order valence-electron chi connectivity index (χ1n) is 8.86. The highest BCUT2D eigenvalue weighted by atomic mass is 79.9. The van der Waals surface area contributed by atoms with E-state index in [1.54, 1.807) is 25.1 Å². The van der Waals surface area contributed by atoms with Crippen LogP contribution >= 0.6 is 15.9 Å². The lowest BCUT2D eigenvalue weighted by molar-refractivity contribution is -0.274. The summed E-state index contributed by atoms with van der Waals surface area (Å²) in [5, 5.41) is 17.2. The van der Waals surface area contributed by atoms with Gasteiger partial charge in [-0.05, 0) is 49.7 Å². The quantitative estimate of drug-likeness (QED) is 0.473. The molecule has 0 aliphatic carbocycles. The first-order valence-corrected chi connectivity index (χ1v) is 9.65. The molecule has 0 spiro atoms. The van der Waals surface area contributed by atoms with E-state index in [0.717, 1.165) is 16.1 Å². The standard InChI is InChI=1S/C19H21BrF3N3O4/c1-11-9-13(20)4-5-14(11)26-16(27)10-25-17(28)24-8-7-18(29,19(21,22)23)15-6-3-12(2)30-15/h3-6,9,29H,7-8,10H2,1-2H3,(H,26,27)(H2,24,25,28). The van der Waals surface area contributed by atoms with E-state index < -0.39 is 42.4 Å². The van der Waals surface area contributed by atoms with Crippen LogP contribution in [0.2, 0.25) is 0 Å². The first-order chi connectivity index (χ1) is 13.9. The van der Waals surface area contributed by atoms with Crippen molar-refractivity contribution in [3.05, 3.63) is 51.9 Å². The topological polar surface area (TPSA) is 104 Å². The van der Waals surface area contributed by atoms with Gasteiger partial charge in [0.15, 0.2) is 0 Å². The average molecular weight is 492 g/mol. The number of urea groups is 1. The zero-order chi connectivity index (χ0) is 22.5. The van der Waals surface area contributed by atoms with E-state index in [1.165, 1.54) is 13.0 Å². The predicted molar refractivity (Wildman–Crippen MR) is 107 cm³/mol. The van der Waals surface area contributed by atoms with Crippen molar-refractivity contribution in [2.45, 2.75) is 32.0 Å². The van der Waals surface area contributed by atoms with Crippen molar-refractivity contribution in [2.24, 2.45) is 0 Å². The van der Waals surface area contributed by atoms with Crippen LogP contribution in [0.1, 0.15) is 23.5 Å². The van der Waals surface area contributed by atoms with Crippen LogP contribution in [0.15, 0.2) is 39.2 Å². The molecular formula is C19H21BrF3N3O4. The maximum atomic E-state index is 13.3. The Hall–Kier alpha value is -2.53. The second kappa shape index (κ2) is 9.52. The van der Waals surface area contributed by atoms with Gasteiger partial charge in [0, 0.05) is 23.1 Å². The van der Waals surface area contributed by atoms with Crippen molar-refractivity contribution in [2.75, 3.05) is 18.4 Å². The molecule has 1 heterocycles. The molecular weight excluding hydrogens is 471 g/mol. The molecule has 0 aliphatic heterocycles. The fourth-order valence-electron chi connectivity index (χ4n) is 2.60. The number of alkyl halides is 3. The molecule has 30 heavy (non-hydrogen) atoms. The Bertz CT molecular complexity index is 917. The highest BCUT2D eigenvalue weighted by Crippen LogP contribution is 2.42. The Morgan fingerprint density at radius 2 is 1.83 bits per heavy atom. The number of benzene rings is 1. The Morgan fingerprint density at radius 1 is 1.13 bits per heavy atom.